The van der Waals surface area contributed by atoms with Gasteiger partial charge in [0.2, 0.25) is 0 Å². The number of nitrogens with zero attached hydrogens (tertiary/aromatic N) is 1. The van der Waals surface area contributed by atoms with E-state index in [-0.39, 0.29) is 11.4 Å². The Morgan fingerprint density at radius 2 is 1.58 bits per heavy atom. The topological polar surface area (TPSA) is 65.5 Å². The number of hydrogen-bond donors (Lipinski definition) is 0. The van der Waals surface area contributed by atoms with E-state index >= 15 is 0 Å². The van der Waals surface area contributed by atoms with Crippen molar-refractivity contribution in [2.24, 2.45) is 5.92 Å². The highest BCUT2D eigenvalue weighted by Crippen LogP contribution is 2.14. The minimum Gasteiger partial charge on any atom is -0.461 e. The van der Waals surface area contributed by atoms with Crippen molar-refractivity contribution < 1.29 is 19.1 Å². The first kappa shape index (κ1) is 22.1. The first-order valence-electron chi connectivity index (χ1n) is 9.93. The minimum atomic E-state index is -0.495. The van der Waals surface area contributed by atoms with Crippen molar-refractivity contribution in [3.05, 3.63) is 29.6 Å². The zero-order chi connectivity index (χ0) is 19.2. The standard InChI is InChI=1S/C21H33NO4/c1-4-7-9-10-15-25-20(23)18-13-11-14-19(22-18)21(24)26-16-17(6-3)12-8-5-2/h11,13-14,17H,4-10,12,15-16H2,1-3H3. The van der Waals surface area contributed by atoms with Crippen molar-refractivity contribution >= 4 is 11.9 Å². The summed E-state index contributed by atoms with van der Waals surface area (Å²) in [5, 5.41) is 0. The molecule has 1 heterocycles. The second-order valence-corrected chi connectivity index (χ2v) is 6.62. The highest BCUT2D eigenvalue weighted by molar-refractivity contribution is 5.91. The van der Waals surface area contributed by atoms with Crippen LogP contribution < -0.4 is 0 Å². The van der Waals surface area contributed by atoms with E-state index in [0.717, 1.165) is 51.4 Å². The van der Waals surface area contributed by atoms with Crippen LogP contribution in [-0.4, -0.2) is 30.1 Å². The maximum Gasteiger partial charge on any atom is 0.356 e. The first-order chi connectivity index (χ1) is 12.6. The van der Waals surface area contributed by atoms with Gasteiger partial charge < -0.3 is 9.47 Å². The number of ether oxygens (including phenoxy) is 2. The summed E-state index contributed by atoms with van der Waals surface area (Å²) in [5.41, 5.74) is 0.295. The molecule has 5 heteroatoms. The van der Waals surface area contributed by atoms with Gasteiger partial charge in [-0.2, -0.15) is 0 Å². The van der Waals surface area contributed by atoms with Gasteiger partial charge in [-0.05, 0) is 30.9 Å². The molecule has 0 amide bonds. The summed E-state index contributed by atoms with van der Waals surface area (Å²) in [6.45, 7) is 7.15. The molecule has 0 spiro atoms. The maximum atomic E-state index is 12.2. The molecule has 0 aliphatic rings. The van der Waals surface area contributed by atoms with Gasteiger partial charge in [-0.25, -0.2) is 14.6 Å². The highest BCUT2D eigenvalue weighted by atomic mass is 16.5. The monoisotopic (exact) mass is 363 g/mol. The molecular weight excluding hydrogens is 330 g/mol. The molecule has 0 aliphatic heterocycles. The first-order valence-corrected chi connectivity index (χ1v) is 9.93. The number of rotatable bonds is 13. The average molecular weight is 363 g/mol. The fourth-order valence-electron chi connectivity index (χ4n) is 2.60. The van der Waals surface area contributed by atoms with Crippen molar-refractivity contribution in [3.63, 3.8) is 0 Å². The van der Waals surface area contributed by atoms with Gasteiger partial charge in [0.25, 0.3) is 0 Å². The lowest BCUT2D eigenvalue weighted by Gasteiger charge is -2.14. The van der Waals surface area contributed by atoms with Crippen LogP contribution in [0.1, 0.15) is 93.1 Å². The molecule has 0 radical (unpaired) electrons. The summed E-state index contributed by atoms with van der Waals surface area (Å²) in [4.78, 5) is 28.4. The molecule has 1 rings (SSSR count). The molecule has 0 saturated heterocycles. The van der Waals surface area contributed by atoms with Crippen molar-refractivity contribution in [1.82, 2.24) is 4.98 Å². The van der Waals surface area contributed by atoms with Crippen LogP contribution in [0.25, 0.3) is 0 Å². The minimum absolute atomic E-state index is 0.146. The van der Waals surface area contributed by atoms with Crippen LogP contribution in [0, 0.1) is 5.92 Å². The van der Waals surface area contributed by atoms with Crippen molar-refractivity contribution in [2.75, 3.05) is 13.2 Å². The fourth-order valence-corrected chi connectivity index (χ4v) is 2.60. The predicted octanol–water partition coefficient (Wildman–Crippen LogP) is 5.19. The molecule has 0 bridgehead atoms. The van der Waals surface area contributed by atoms with Gasteiger partial charge in [-0.3, -0.25) is 0 Å². The summed E-state index contributed by atoms with van der Waals surface area (Å²) in [6, 6.07) is 4.75. The smallest absolute Gasteiger partial charge is 0.356 e. The Morgan fingerprint density at radius 1 is 0.923 bits per heavy atom. The lowest BCUT2D eigenvalue weighted by Crippen LogP contribution is -2.16. The Morgan fingerprint density at radius 3 is 2.19 bits per heavy atom. The molecule has 5 nitrogen and oxygen atoms in total. The van der Waals surface area contributed by atoms with E-state index in [4.69, 9.17) is 9.47 Å². The number of pyridine rings is 1. The normalized spacial score (nSPS) is 11.8. The molecule has 0 aliphatic carbocycles. The summed E-state index contributed by atoms with van der Waals surface area (Å²) in [7, 11) is 0. The molecule has 146 valence electrons. The number of unbranched alkanes of at least 4 members (excludes halogenated alkanes) is 4. The van der Waals surface area contributed by atoms with Gasteiger partial charge in [-0.15, -0.1) is 0 Å². The Balaban J connectivity index is 2.51. The van der Waals surface area contributed by atoms with Crippen LogP contribution in [-0.2, 0) is 9.47 Å². The molecule has 0 N–H and O–H groups in total. The molecule has 1 aromatic heterocycles. The van der Waals surface area contributed by atoms with Crippen LogP contribution >= 0.6 is 0 Å². The Hall–Kier alpha value is -1.91. The second-order valence-electron chi connectivity index (χ2n) is 6.62. The number of hydrogen-bond acceptors (Lipinski definition) is 5. The van der Waals surface area contributed by atoms with E-state index in [1.165, 1.54) is 0 Å². The van der Waals surface area contributed by atoms with Gasteiger partial charge in [0, 0.05) is 0 Å². The Bertz CT molecular complexity index is 545. The summed E-state index contributed by atoms with van der Waals surface area (Å²) >= 11 is 0. The second kappa shape index (κ2) is 13.3. The van der Waals surface area contributed by atoms with E-state index in [1.807, 2.05) is 0 Å². The summed E-state index contributed by atoms with van der Waals surface area (Å²) < 4.78 is 10.6. The number of carbonyl (C=O) groups is 2. The molecule has 0 fully saturated rings. The van der Waals surface area contributed by atoms with E-state index in [2.05, 4.69) is 25.8 Å². The quantitative estimate of drug-likeness (QED) is 0.356. The van der Waals surface area contributed by atoms with Gasteiger partial charge >= 0.3 is 11.9 Å². The average Bonchev–Trinajstić information content (AvgIpc) is 2.67. The van der Waals surface area contributed by atoms with Crippen LogP contribution in [0.15, 0.2) is 18.2 Å². The number of aromatic nitrogens is 1. The van der Waals surface area contributed by atoms with E-state index in [9.17, 15) is 9.59 Å². The molecule has 26 heavy (non-hydrogen) atoms. The largest absolute Gasteiger partial charge is 0.461 e. The number of esters is 2. The molecule has 0 aromatic carbocycles. The van der Waals surface area contributed by atoms with Crippen LogP contribution in [0.2, 0.25) is 0 Å². The Labute approximate surface area is 157 Å². The van der Waals surface area contributed by atoms with Crippen molar-refractivity contribution in [2.45, 2.75) is 72.1 Å². The molecular formula is C21H33NO4. The number of carbonyl (C=O) groups excluding carboxylic acids is 2. The van der Waals surface area contributed by atoms with Gasteiger partial charge in [0.1, 0.15) is 11.4 Å². The lowest BCUT2D eigenvalue weighted by atomic mass is 10.0. The van der Waals surface area contributed by atoms with Gasteiger partial charge in [-0.1, -0.05) is 65.4 Å². The molecule has 1 unspecified atom stereocenters. The predicted molar refractivity (Wildman–Crippen MR) is 102 cm³/mol. The van der Waals surface area contributed by atoms with Crippen LogP contribution in [0.5, 0.6) is 0 Å². The van der Waals surface area contributed by atoms with E-state index < -0.39 is 11.9 Å². The summed E-state index contributed by atoms with van der Waals surface area (Å²) in [6.07, 6.45) is 8.45. The fraction of sp³-hybridized carbons (Fsp3) is 0.667. The van der Waals surface area contributed by atoms with Crippen LogP contribution in [0.3, 0.4) is 0 Å². The van der Waals surface area contributed by atoms with Gasteiger partial charge in [0.05, 0.1) is 13.2 Å². The van der Waals surface area contributed by atoms with E-state index in [0.29, 0.717) is 19.1 Å². The summed E-state index contributed by atoms with van der Waals surface area (Å²) in [5.74, 6) is -0.613. The SMILES string of the molecule is CCCCCCOC(=O)c1cccc(C(=O)OCC(CC)CCCC)n1. The third-order valence-electron chi connectivity index (χ3n) is 4.39. The Kier molecular flexibility index (Phi) is 11.3. The van der Waals surface area contributed by atoms with E-state index in [1.54, 1.807) is 18.2 Å². The molecule has 1 aromatic rings. The van der Waals surface area contributed by atoms with Crippen LogP contribution in [0.4, 0.5) is 0 Å². The molecule has 0 saturated carbocycles. The lowest BCUT2D eigenvalue weighted by molar-refractivity contribution is 0.0420. The zero-order valence-corrected chi connectivity index (χ0v) is 16.5. The maximum absolute atomic E-state index is 12.2. The highest BCUT2D eigenvalue weighted by Gasteiger charge is 2.16. The van der Waals surface area contributed by atoms with Crippen molar-refractivity contribution in [3.8, 4) is 0 Å². The van der Waals surface area contributed by atoms with Gasteiger partial charge in [0.15, 0.2) is 0 Å². The third-order valence-corrected chi connectivity index (χ3v) is 4.39. The third kappa shape index (κ3) is 8.45. The van der Waals surface area contributed by atoms with Crippen molar-refractivity contribution in [1.29, 1.82) is 0 Å². The molecule has 1 atom stereocenters. The zero-order valence-electron chi connectivity index (χ0n) is 16.5.